The van der Waals surface area contributed by atoms with E-state index >= 15 is 0 Å². The lowest BCUT2D eigenvalue weighted by molar-refractivity contribution is 0.104. The monoisotopic (exact) mass is 336 g/mol. The number of hydrogen-bond donors (Lipinski definition) is 3. The van der Waals surface area contributed by atoms with Gasteiger partial charge < -0.3 is 24.8 Å². The number of aliphatic hydroxyl groups is 1. The van der Waals surface area contributed by atoms with Crippen molar-refractivity contribution in [2.24, 2.45) is 0 Å². The summed E-state index contributed by atoms with van der Waals surface area (Å²) in [6.45, 7) is 7.39. The highest BCUT2D eigenvalue weighted by atomic mass is 16.5. The molecule has 0 radical (unpaired) electrons. The molecule has 134 valence electrons. The van der Waals surface area contributed by atoms with Crippen molar-refractivity contribution < 1.29 is 24.8 Å². The van der Waals surface area contributed by atoms with E-state index in [0.717, 1.165) is 6.42 Å². The Bertz CT molecular complexity index is 638. The number of allylic oxidation sites excluding steroid dienone is 2. The van der Waals surface area contributed by atoms with Gasteiger partial charge in [-0.2, -0.15) is 0 Å². The van der Waals surface area contributed by atoms with E-state index < -0.39 is 5.60 Å². The Morgan fingerprint density at radius 3 is 2.12 bits per heavy atom. The predicted octanol–water partition coefficient (Wildman–Crippen LogP) is 3.93. The van der Waals surface area contributed by atoms with E-state index in [1.54, 1.807) is 26.0 Å². The fourth-order valence-electron chi connectivity index (χ4n) is 2.39. The number of phenolic OH excluding ortho intramolecular Hbond substituents is 2. The first kappa shape index (κ1) is 19.9. The predicted molar refractivity (Wildman–Crippen MR) is 95.9 cm³/mol. The lowest BCUT2D eigenvalue weighted by Gasteiger charge is -2.19. The molecule has 0 fully saturated rings. The highest BCUT2D eigenvalue weighted by Crippen LogP contribution is 2.48. The van der Waals surface area contributed by atoms with Crippen LogP contribution >= 0.6 is 0 Å². The standard InChI is InChI=1S/C19H28O5/c1-12(2)8-7-10-19(4,22)11-9-14-13(3)15(20)17(23-5)18(24-6)16(14)21/h8-9,11,20-22H,7,10H2,1-6H3. The topological polar surface area (TPSA) is 79.2 Å². The van der Waals surface area contributed by atoms with Gasteiger partial charge in [0, 0.05) is 11.1 Å². The second-order valence-corrected chi connectivity index (χ2v) is 6.31. The van der Waals surface area contributed by atoms with E-state index in [0.29, 0.717) is 17.5 Å². The molecule has 5 heteroatoms. The van der Waals surface area contributed by atoms with E-state index in [4.69, 9.17) is 9.47 Å². The molecule has 0 heterocycles. The fraction of sp³-hybridized carbons (Fsp3) is 0.474. The van der Waals surface area contributed by atoms with Crippen LogP contribution in [0.15, 0.2) is 17.7 Å². The third-order valence-corrected chi connectivity index (χ3v) is 3.87. The molecule has 1 aromatic carbocycles. The zero-order valence-electron chi connectivity index (χ0n) is 15.3. The molecule has 1 atom stereocenters. The SMILES string of the molecule is COc1c(O)c(C)c(C=CC(C)(O)CCC=C(C)C)c(O)c1OC. The summed E-state index contributed by atoms with van der Waals surface area (Å²) in [7, 11) is 2.77. The van der Waals surface area contributed by atoms with Crippen molar-refractivity contribution in [3.05, 3.63) is 28.9 Å². The van der Waals surface area contributed by atoms with Gasteiger partial charge in [-0.25, -0.2) is 0 Å². The van der Waals surface area contributed by atoms with Crippen LogP contribution in [0.5, 0.6) is 23.0 Å². The van der Waals surface area contributed by atoms with Crippen LogP contribution < -0.4 is 9.47 Å². The molecule has 0 amide bonds. The molecule has 5 nitrogen and oxygen atoms in total. The van der Waals surface area contributed by atoms with E-state index in [1.807, 2.05) is 13.8 Å². The molecule has 1 aromatic rings. The molecule has 0 spiro atoms. The van der Waals surface area contributed by atoms with Crippen LogP contribution in [0.4, 0.5) is 0 Å². The number of methoxy groups -OCH3 is 2. The van der Waals surface area contributed by atoms with Crippen molar-refractivity contribution in [2.75, 3.05) is 14.2 Å². The Kier molecular flexibility index (Phi) is 6.72. The van der Waals surface area contributed by atoms with Crippen LogP contribution in [0.3, 0.4) is 0 Å². The van der Waals surface area contributed by atoms with Crippen molar-refractivity contribution in [3.8, 4) is 23.0 Å². The first-order chi connectivity index (χ1) is 11.1. The molecule has 3 N–H and O–H groups in total. The molecule has 1 unspecified atom stereocenters. The summed E-state index contributed by atoms with van der Waals surface area (Å²) < 4.78 is 10.2. The minimum Gasteiger partial charge on any atom is -0.504 e. The van der Waals surface area contributed by atoms with Crippen LogP contribution in [0.1, 0.15) is 44.7 Å². The number of rotatable bonds is 7. The van der Waals surface area contributed by atoms with Crippen molar-refractivity contribution in [2.45, 2.75) is 46.1 Å². The Balaban J connectivity index is 3.19. The summed E-state index contributed by atoms with van der Waals surface area (Å²) >= 11 is 0. The van der Waals surface area contributed by atoms with Crippen LogP contribution in [0, 0.1) is 6.92 Å². The summed E-state index contributed by atoms with van der Waals surface area (Å²) in [5.41, 5.74) is 0.996. The van der Waals surface area contributed by atoms with Crippen LogP contribution in [0.2, 0.25) is 0 Å². The van der Waals surface area contributed by atoms with Crippen molar-refractivity contribution >= 4 is 6.08 Å². The maximum atomic E-state index is 10.5. The van der Waals surface area contributed by atoms with Crippen LogP contribution in [0.25, 0.3) is 6.08 Å². The highest BCUT2D eigenvalue weighted by Gasteiger charge is 2.23. The Hall–Kier alpha value is -2.14. The van der Waals surface area contributed by atoms with E-state index in [2.05, 4.69) is 6.08 Å². The normalized spacial score (nSPS) is 13.6. The van der Waals surface area contributed by atoms with Gasteiger partial charge in [0.1, 0.15) is 0 Å². The van der Waals surface area contributed by atoms with Gasteiger partial charge in [-0.1, -0.05) is 23.8 Å². The zero-order valence-corrected chi connectivity index (χ0v) is 15.3. The molecular weight excluding hydrogens is 308 g/mol. The van der Waals surface area contributed by atoms with Crippen molar-refractivity contribution in [1.29, 1.82) is 0 Å². The van der Waals surface area contributed by atoms with Crippen LogP contribution in [-0.4, -0.2) is 35.1 Å². The second-order valence-electron chi connectivity index (χ2n) is 6.31. The lowest BCUT2D eigenvalue weighted by Crippen LogP contribution is -2.19. The maximum absolute atomic E-state index is 10.5. The molecule has 0 bridgehead atoms. The van der Waals surface area contributed by atoms with E-state index in [-0.39, 0.29) is 23.0 Å². The first-order valence-electron chi connectivity index (χ1n) is 7.86. The van der Waals surface area contributed by atoms with Gasteiger partial charge in [-0.3, -0.25) is 0 Å². The molecular formula is C19H28O5. The summed E-state index contributed by atoms with van der Waals surface area (Å²) in [5, 5.41) is 31.1. The summed E-state index contributed by atoms with van der Waals surface area (Å²) in [5.74, 6) is -0.0959. The smallest absolute Gasteiger partial charge is 0.207 e. The molecule has 0 saturated heterocycles. The van der Waals surface area contributed by atoms with Crippen molar-refractivity contribution in [3.63, 3.8) is 0 Å². The molecule has 0 aliphatic heterocycles. The van der Waals surface area contributed by atoms with Gasteiger partial charge in [0.2, 0.25) is 11.5 Å². The molecule has 0 aliphatic rings. The van der Waals surface area contributed by atoms with Gasteiger partial charge in [-0.15, -0.1) is 0 Å². The van der Waals surface area contributed by atoms with Crippen LogP contribution in [-0.2, 0) is 0 Å². The second kappa shape index (κ2) is 8.11. The van der Waals surface area contributed by atoms with Gasteiger partial charge >= 0.3 is 0 Å². The third kappa shape index (κ3) is 4.68. The average Bonchev–Trinajstić information content (AvgIpc) is 2.49. The maximum Gasteiger partial charge on any atom is 0.207 e. The molecule has 0 saturated carbocycles. The molecule has 0 aromatic heterocycles. The van der Waals surface area contributed by atoms with E-state index in [9.17, 15) is 15.3 Å². The number of hydrogen-bond acceptors (Lipinski definition) is 5. The Morgan fingerprint density at radius 2 is 1.62 bits per heavy atom. The first-order valence-corrected chi connectivity index (χ1v) is 7.86. The number of aromatic hydroxyl groups is 2. The summed E-state index contributed by atoms with van der Waals surface area (Å²) in [4.78, 5) is 0. The summed E-state index contributed by atoms with van der Waals surface area (Å²) in [6, 6.07) is 0. The average molecular weight is 336 g/mol. The minimum atomic E-state index is -1.03. The minimum absolute atomic E-state index is 0.0597. The van der Waals surface area contributed by atoms with Gasteiger partial charge in [-0.05, 0) is 40.5 Å². The lowest BCUT2D eigenvalue weighted by atomic mass is 9.96. The quantitative estimate of drug-likeness (QED) is 0.519. The zero-order chi connectivity index (χ0) is 18.5. The van der Waals surface area contributed by atoms with E-state index in [1.165, 1.54) is 19.8 Å². The molecule has 1 rings (SSSR count). The molecule has 24 heavy (non-hydrogen) atoms. The number of benzene rings is 1. The highest BCUT2D eigenvalue weighted by molar-refractivity contribution is 5.74. The van der Waals surface area contributed by atoms with Gasteiger partial charge in [0.05, 0.1) is 19.8 Å². The van der Waals surface area contributed by atoms with Gasteiger partial charge in [0.25, 0.3) is 0 Å². The fourth-order valence-corrected chi connectivity index (χ4v) is 2.39. The van der Waals surface area contributed by atoms with Crippen molar-refractivity contribution in [1.82, 2.24) is 0 Å². The summed E-state index contributed by atoms with van der Waals surface area (Å²) in [6.07, 6.45) is 6.57. The Morgan fingerprint density at radius 1 is 1.08 bits per heavy atom. The largest absolute Gasteiger partial charge is 0.504 e. The third-order valence-electron chi connectivity index (χ3n) is 3.87. The van der Waals surface area contributed by atoms with Gasteiger partial charge in [0.15, 0.2) is 11.5 Å². The molecule has 0 aliphatic carbocycles. The Labute approximate surface area is 143 Å². The number of phenols is 2. The number of ether oxygens (including phenoxy) is 2.